The fourth-order valence-electron chi connectivity index (χ4n) is 1.55. The van der Waals surface area contributed by atoms with E-state index in [-0.39, 0.29) is 0 Å². The van der Waals surface area contributed by atoms with Crippen LogP contribution >= 0.6 is 0 Å². The SMILES string of the molecule is Nc1ccc2c(c1)CN(C(=O)O)C2. The summed E-state index contributed by atoms with van der Waals surface area (Å²) in [5.41, 5.74) is 8.34. The number of rotatable bonds is 0. The summed E-state index contributed by atoms with van der Waals surface area (Å²) in [5, 5.41) is 8.75. The summed E-state index contributed by atoms with van der Waals surface area (Å²) in [6, 6.07) is 5.51. The molecule has 1 aromatic carbocycles. The van der Waals surface area contributed by atoms with Gasteiger partial charge in [0.25, 0.3) is 0 Å². The minimum Gasteiger partial charge on any atom is -0.465 e. The summed E-state index contributed by atoms with van der Waals surface area (Å²) in [4.78, 5) is 12.0. The van der Waals surface area contributed by atoms with Crippen LogP contribution in [0.25, 0.3) is 0 Å². The van der Waals surface area contributed by atoms with E-state index in [1.165, 1.54) is 4.90 Å². The van der Waals surface area contributed by atoms with Crippen LogP contribution in [-0.2, 0) is 13.1 Å². The van der Waals surface area contributed by atoms with Crippen LogP contribution in [0, 0.1) is 0 Å². The number of carbonyl (C=O) groups is 1. The van der Waals surface area contributed by atoms with E-state index in [0.29, 0.717) is 18.8 Å². The molecule has 68 valence electrons. The van der Waals surface area contributed by atoms with E-state index < -0.39 is 6.09 Å². The Balaban J connectivity index is 2.30. The molecule has 1 amide bonds. The highest BCUT2D eigenvalue weighted by Crippen LogP contribution is 2.24. The van der Waals surface area contributed by atoms with E-state index in [0.717, 1.165) is 11.1 Å². The molecule has 0 atom stereocenters. The predicted octanol–water partition coefficient (Wildman–Crippen LogP) is 1.26. The Morgan fingerprint density at radius 2 is 2.08 bits per heavy atom. The highest BCUT2D eigenvalue weighted by molar-refractivity contribution is 5.66. The number of anilines is 1. The van der Waals surface area contributed by atoms with Gasteiger partial charge in [0, 0.05) is 18.8 Å². The van der Waals surface area contributed by atoms with Gasteiger partial charge in [-0.3, -0.25) is 4.90 Å². The third-order valence-electron chi connectivity index (χ3n) is 2.22. The molecule has 1 heterocycles. The van der Waals surface area contributed by atoms with E-state index in [1.54, 1.807) is 6.07 Å². The smallest absolute Gasteiger partial charge is 0.407 e. The molecule has 0 fully saturated rings. The van der Waals surface area contributed by atoms with Crippen molar-refractivity contribution in [3.8, 4) is 0 Å². The molecular weight excluding hydrogens is 168 g/mol. The Kier molecular flexibility index (Phi) is 1.62. The van der Waals surface area contributed by atoms with Gasteiger partial charge >= 0.3 is 6.09 Å². The van der Waals surface area contributed by atoms with Crippen molar-refractivity contribution in [2.75, 3.05) is 5.73 Å². The second-order valence-corrected chi connectivity index (χ2v) is 3.17. The van der Waals surface area contributed by atoms with Crippen LogP contribution in [0.4, 0.5) is 10.5 Å². The van der Waals surface area contributed by atoms with Crippen molar-refractivity contribution in [3.05, 3.63) is 29.3 Å². The van der Waals surface area contributed by atoms with Crippen molar-refractivity contribution in [1.82, 2.24) is 4.90 Å². The first-order chi connectivity index (χ1) is 6.16. The molecule has 1 aliphatic heterocycles. The molecule has 3 N–H and O–H groups in total. The highest BCUT2D eigenvalue weighted by Gasteiger charge is 2.22. The molecular formula is C9H10N2O2. The van der Waals surface area contributed by atoms with Gasteiger partial charge in [-0.05, 0) is 23.3 Å². The molecule has 0 spiro atoms. The molecule has 0 saturated carbocycles. The van der Waals surface area contributed by atoms with Gasteiger partial charge < -0.3 is 10.8 Å². The largest absolute Gasteiger partial charge is 0.465 e. The van der Waals surface area contributed by atoms with Gasteiger partial charge in [0.1, 0.15) is 0 Å². The third-order valence-corrected chi connectivity index (χ3v) is 2.22. The molecule has 0 aromatic heterocycles. The molecule has 0 radical (unpaired) electrons. The van der Waals surface area contributed by atoms with E-state index in [2.05, 4.69) is 0 Å². The van der Waals surface area contributed by atoms with Crippen LogP contribution in [0.5, 0.6) is 0 Å². The summed E-state index contributed by atoms with van der Waals surface area (Å²) < 4.78 is 0. The van der Waals surface area contributed by atoms with Crippen LogP contribution in [0.15, 0.2) is 18.2 Å². The average Bonchev–Trinajstić information content (AvgIpc) is 2.46. The van der Waals surface area contributed by atoms with Crippen molar-refractivity contribution < 1.29 is 9.90 Å². The van der Waals surface area contributed by atoms with Gasteiger partial charge in [0.05, 0.1) is 0 Å². The topological polar surface area (TPSA) is 66.6 Å². The summed E-state index contributed by atoms with van der Waals surface area (Å²) in [7, 11) is 0. The maximum absolute atomic E-state index is 10.6. The first kappa shape index (κ1) is 7.91. The second kappa shape index (κ2) is 2.65. The van der Waals surface area contributed by atoms with E-state index in [9.17, 15) is 4.79 Å². The fraction of sp³-hybridized carbons (Fsp3) is 0.222. The number of fused-ring (bicyclic) bond motifs is 1. The van der Waals surface area contributed by atoms with Gasteiger partial charge in [-0.1, -0.05) is 6.07 Å². The van der Waals surface area contributed by atoms with Gasteiger partial charge in [-0.25, -0.2) is 4.79 Å². The summed E-state index contributed by atoms with van der Waals surface area (Å²) in [6.07, 6.45) is -0.880. The number of carboxylic acid groups (broad SMARTS) is 1. The maximum atomic E-state index is 10.6. The highest BCUT2D eigenvalue weighted by atomic mass is 16.4. The minimum absolute atomic E-state index is 0.454. The quantitative estimate of drug-likeness (QED) is 0.588. The summed E-state index contributed by atoms with van der Waals surface area (Å²) >= 11 is 0. The van der Waals surface area contributed by atoms with Crippen molar-refractivity contribution in [3.63, 3.8) is 0 Å². The molecule has 0 bridgehead atoms. The van der Waals surface area contributed by atoms with Gasteiger partial charge in [0.15, 0.2) is 0 Å². The van der Waals surface area contributed by atoms with Crippen molar-refractivity contribution in [2.24, 2.45) is 0 Å². The fourth-order valence-corrected chi connectivity index (χ4v) is 1.55. The van der Waals surface area contributed by atoms with Gasteiger partial charge in [0.2, 0.25) is 0 Å². The lowest BCUT2D eigenvalue weighted by Gasteiger charge is -2.08. The predicted molar refractivity (Wildman–Crippen MR) is 48.1 cm³/mol. The van der Waals surface area contributed by atoms with E-state index >= 15 is 0 Å². The first-order valence-corrected chi connectivity index (χ1v) is 4.02. The average molecular weight is 178 g/mol. The van der Waals surface area contributed by atoms with Crippen molar-refractivity contribution in [2.45, 2.75) is 13.1 Å². The number of nitrogens with two attached hydrogens (primary N) is 1. The van der Waals surface area contributed by atoms with Crippen molar-refractivity contribution >= 4 is 11.8 Å². The molecule has 4 heteroatoms. The number of benzene rings is 1. The Bertz CT molecular complexity index is 363. The first-order valence-electron chi connectivity index (χ1n) is 4.02. The lowest BCUT2D eigenvalue weighted by molar-refractivity contribution is 0.145. The molecule has 2 rings (SSSR count). The molecule has 1 aliphatic rings. The Morgan fingerprint density at radius 1 is 1.38 bits per heavy atom. The Morgan fingerprint density at radius 3 is 2.77 bits per heavy atom. The lowest BCUT2D eigenvalue weighted by Crippen LogP contribution is -2.22. The molecule has 1 aromatic rings. The normalized spacial score (nSPS) is 14.3. The van der Waals surface area contributed by atoms with Crippen LogP contribution in [0.2, 0.25) is 0 Å². The number of nitrogen functional groups attached to an aromatic ring is 1. The van der Waals surface area contributed by atoms with Crippen LogP contribution in [-0.4, -0.2) is 16.1 Å². The lowest BCUT2D eigenvalue weighted by atomic mass is 10.1. The maximum Gasteiger partial charge on any atom is 0.407 e. The minimum atomic E-state index is -0.880. The third kappa shape index (κ3) is 1.30. The van der Waals surface area contributed by atoms with E-state index in [1.807, 2.05) is 12.1 Å². The molecule has 13 heavy (non-hydrogen) atoms. The zero-order valence-electron chi connectivity index (χ0n) is 7.03. The monoisotopic (exact) mass is 178 g/mol. The Hall–Kier alpha value is -1.71. The number of nitrogens with zero attached hydrogens (tertiary/aromatic N) is 1. The van der Waals surface area contributed by atoms with Gasteiger partial charge in [-0.2, -0.15) is 0 Å². The molecule has 0 saturated heterocycles. The molecule has 4 nitrogen and oxygen atoms in total. The zero-order chi connectivity index (χ0) is 9.42. The molecule has 0 aliphatic carbocycles. The number of amides is 1. The second-order valence-electron chi connectivity index (χ2n) is 3.17. The van der Waals surface area contributed by atoms with Crippen molar-refractivity contribution in [1.29, 1.82) is 0 Å². The summed E-state index contributed by atoms with van der Waals surface area (Å²) in [5.74, 6) is 0. The van der Waals surface area contributed by atoms with E-state index in [4.69, 9.17) is 10.8 Å². The van der Waals surface area contributed by atoms with Gasteiger partial charge in [-0.15, -0.1) is 0 Å². The van der Waals surface area contributed by atoms with Crippen LogP contribution in [0.3, 0.4) is 0 Å². The number of hydrogen-bond donors (Lipinski definition) is 2. The Labute approximate surface area is 75.6 Å². The van der Waals surface area contributed by atoms with Crippen LogP contribution in [0.1, 0.15) is 11.1 Å². The summed E-state index contributed by atoms with van der Waals surface area (Å²) in [6.45, 7) is 0.931. The standard InChI is InChI=1S/C9H10N2O2/c10-8-2-1-6-4-11(9(12)13)5-7(6)3-8/h1-3H,4-5,10H2,(H,12,13). The zero-order valence-corrected chi connectivity index (χ0v) is 7.03. The van der Waals surface area contributed by atoms with Crippen LogP contribution < -0.4 is 5.73 Å². The number of hydrogen-bond acceptors (Lipinski definition) is 2. The molecule has 0 unspecified atom stereocenters.